The normalized spacial score (nSPS) is 10.8. The molecule has 0 unspecified atom stereocenters. The highest BCUT2D eigenvalue weighted by molar-refractivity contribution is 5.67. The molecule has 2 rings (SSSR count). The van der Waals surface area contributed by atoms with Gasteiger partial charge in [0.2, 0.25) is 0 Å². The number of hydrogen-bond donors (Lipinski definition) is 1. The molecule has 18 heavy (non-hydrogen) atoms. The molecule has 2 aromatic rings. The largest absolute Gasteiger partial charge is 0.398 e. The van der Waals surface area contributed by atoms with Crippen molar-refractivity contribution in [1.29, 1.82) is 0 Å². The van der Waals surface area contributed by atoms with Gasteiger partial charge in [-0.15, -0.1) is 5.10 Å². The van der Waals surface area contributed by atoms with Crippen LogP contribution in [0.15, 0.2) is 12.1 Å². The summed E-state index contributed by atoms with van der Waals surface area (Å²) in [4.78, 5) is 0. The Morgan fingerprint density at radius 2 is 2.06 bits per heavy atom. The number of hydrogen-bond acceptors (Lipinski definition) is 5. The summed E-state index contributed by atoms with van der Waals surface area (Å²) in [5.74, 6) is 0.719. The Kier molecular flexibility index (Phi) is 3.57. The lowest BCUT2D eigenvalue weighted by Crippen LogP contribution is -2.08. The summed E-state index contributed by atoms with van der Waals surface area (Å²) in [5, 5.41) is 11.7. The Morgan fingerprint density at radius 3 is 2.78 bits per heavy atom. The van der Waals surface area contributed by atoms with Crippen molar-refractivity contribution in [3.63, 3.8) is 0 Å². The third-order valence-electron chi connectivity index (χ3n) is 2.89. The van der Waals surface area contributed by atoms with Crippen molar-refractivity contribution in [3.8, 4) is 11.4 Å². The Hall–Kier alpha value is -1.95. The van der Waals surface area contributed by atoms with Gasteiger partial charge in [0.15, 0.2) is 5.82 Å². The van der Waals surface area contributed by atoms with Gasteiger partial charge in [0, 0.05) is 18.4 Å². The zero-order chi connectivity index (χ0) is 13.1. The zero-order valence-electron chi connectivity index (χ0n) is 10.8. The fourth-order valence-corrected chi connectivity index (χ4v) is 1.84. The van der Waals surface area contributed by atoms with Crippen LogP contribution < -0.4 is 5.73 Å². The molecule has 1 aromatic heterocycles. The van der Waals surface area contributed by atoms with Gasteiger partial charge in [0.25, 0.3) is 0 Å². The monoisotopic (exact) mass is 247 g/mol. The van der Waals surface area contributed by atoms with Crippen LogP contribution in [0.1, 0.15) is 11.1 Å². The molecule has 1 aromatic carbocycles. The first kappa shape index (κ1) is 12.5. The summed E-state index contributed by atoms with van der Waals surface area (Å²) in [6, 6.07) is 3.96. The van der Waals surface area contributed by atoms with E-state index in [1.54, 1.807) is 11.8 Å². The quantitative estimate of drug-likeness (QED) is 0.821. The molecule has 0 bridgehead atoms. The summed E-state index contributed by atoms with van der Waals surface area (Å²) in [7, 11) is 1.65. The fourth-order valence-electron chi connectivity index (χ4n) is 1.84. The number of aromatic nitrogens is 4. The second-order valence-corrected chi connectivity index (χ2v) is 4.24. The van der Waals surface area contributed by atoms with E-state index in [-0.39, 0.29) is 0 Å². The lowest BCUT2D eigenvalue weighted by molar-refractivity contribution is 0.183. The predicted octanol–water partition coefficient (Wildman–Crippen LogP) is 1.19. The zero-order valence-corrected chi connectivity index (χ0v) is 10.8. The number of nitrogens with zero attached hydrogens (tertiary/aromatic N) is 4. The third kappa shape index (κ3) is 2.33. The van der Waals surface area contributed by atoms with E-state index in [4.69, 9.17) is 10.5 Å². The summed E-state index contributed by atoms with van der Waals surface area (Å²) >= 11 is 0. The first-order chi connectivity index (χ1) is 8.63. The predicted molar refractivity (Wildman–Crippen MR) is 69.0 cm³/mol. The molecule has 0 aliphatic heterocycles. The molecule has 0 amide bonds. The van der Waals surface area contributed by atoms with Crippen LogP contribution in [0.25, 0.3) is 11.4 Å². The highest BCUT2D eigenvalue weighted by atomic mass is 16.5. The second kappa shape index (κ2) is 5.14. The number of aryl methyl sites for hydroxylation is 2. The van der Waals surface area contributed by atoms with Crippen molar-refractivity contribution in [1.82, 2.24) is 20.2 Å². The molecule has 0 saturated carbocycles. The van der Waals surface area contributed by atoms with E-state index in [2.05, 4.69) is 15.5 Å². The highest BCUT2D eigenvalue weighted by Gasteiger charge is 2.12. The summed E-state index contributed by atoms with van der Waals surface area (Å²) in [6.07, 6.45) is 0. The molecule has 0 atom stereocenters. The molecule has 0 radical (unpaired) electrons. The van der Waals surface area contributed by atoms with E-state index in [1.165, 1.54) is 0 Å². The fraction of sp³-hybridized carbons (Fsp3) is 0.417. The first-order valence-corrected chi connectivity index (χ1v) is 5.75. The molecule has 96 valence electrons. The maximum Gasteiger partial charge on any atom is 0.182 e. The van der Waals surface area contributed by atoms with Gasteiger partial charge in [-0.3, -0.25) is 0 Å². The van der Waals surface area contributed by atoms with Crippen LogP contribution in [-0.4, -0.2) is 33.9 Å². The molecular formula is C12H17N5O. The molecule has 2 N–H and O–H groups in total. The van der Waals surface area contributed by atoms with Crippen LogP contribution in [0.4, 0.5) is 5.69 Å². The minimum absolute atomic E-state index is 0.568. The molecule has 1 heterocycles. The maximum absolute atomic E-state index is 5.94. The Bertz CT molecular complexity index is 549. The second-order valence-electron chi connectivity index (χ2n) is 4.24. The Balaban J connectivity index is 2.42. The van der Waals surface area contributed by atoms with Crippen molar-refractivity contribution in [2.75, 3.05) is 19.5 Å². The highest BCUT2D eigenvalue weighted by Crippen LogP contribution is 2.25. The topological polar surface area (TPSA) is 78.8 Å². The summed E-state index contributed by atoms with van der Waals surface area (Å²) in [5.41, 5.74) is 9.82. The maximum atomic E-state index is 5.94. The standard InChI is InChI=1S/C12H17N5O/c1-8-6-9(2)11(13)7-10(8)12-14-15-16-17(12)4-5-18-3/h6-7H,4-5,13H2,1-3H3. The van der Waals surface area contributed by atoms with Crippen molar-refractivity contribution < 1.29 is 4.74 Å². The van der Waals surface area contributed by atoms with Crippen LogP contribution >= 0.6 is 0 Å². The molecule has 0 saturated heterocycles. The van der Waals surface area contributed by atoms with E-state index in [0.717, 1.165) is 28.2 Å². The SMILES string of the molecule is COCCn1nnnc1-c1cc(N)c(C)cc1C. The van der Waals surface area contributed by atoms with Crippen LogP contribution in [0, 0.1) is 13.8 Å². The number of nitrogens with two attached hydrogens (primary N) is 1. The smallest absolute Gasteiger partial charge is 0.182 e. The first-order valence-electron chi connectivity index (χ1n) is 5.75. The molecule has 0 aliphatic rings. The minimum Gasteiger partial charge on any atom is -0.398 e. The van der Waals surface area contributed by atoms with Crippen LogP contribution in [-0.2, 0) is 11.3 Å². The van der Waals surface area contributed by atoms with Crippen LogP contribution in [0.5, 0.6) is 0 Å². The van der Waals surface area contributed by atoms with Gasteiger partial charge in [-0.2, -0.15) is 0 Å². The van der Waals surface area contributed by atoms with E-state index in [9.17, 15) is 0 Å². The number of benzene rings is 1. The molecule has 0 aliphatic carbocycles. The third-order valence-corrected chi connectivity index (χ3v) is 2.89. The van der Waals surface area contributed by atoms with Crippen molar-refractivity contribution in [2.24, 2.45) is 0 Å². The molecule has 0 fully saturated rings. The van der Waals surface area contributed by atoms with Gasteiger partial charge in [-0.1, -0.05) is 6.07 Å². The number of methoxy groups -OCH3 is 1. The molecule has 6 heteroatoms. The number of anilines is 1. The van der Waals surface area contributed by atoms with Gasteiger partial charge in [0.05, 0.1) is 13.2 Å². The van der Waals surface area contributed by atoms with Crippen LogP contribution in [0.2, 0.25) is 0 Å². The van der Waals surface area contributed by atoms with Gasteiger partial charge in [-0.05, 0) is 41.5 Å². The van der Waals surface area contributed by atoms with Gasteiger partial charge in [0.1, 0.15) is 0 Å². The van der Waals surface area contributed by atoms with Crippen molar-refractivity contribution in [2.45, 2.75) is 20.4 Å². The van der Waals surface area contributed by atoms with Crippen molar-refractivity contribution in [3.05, 3.63) is 23.3 Å². The lowest BCUT2D eigenvalue weighted by atomic mass is 10.0. The number of tetrazole rings is 1. The number of nitrogen functional groups attached to an aromatic ring is 1. The molecule has 0 spiro atoms. The van der Waals surface area contributed by atoms with Gasteiger partial charge in [-0.25, -0.2) is 4.68 Å². The van der Waals surface area contributed by atoms with E-state index in [0.29, 0.717) is 13.2 Å². The average Bonchev–Trinajstić information content (AvgIpc) is 2.79. The number of rotatable bonds is 4. The van der Waals surface area contributed by atoms with E-state index >= 15 is 0 Å². The van der Waals surface area contributed by atoms with Crippen LogP contribution in [0.3, 0.4) is 0 Å². The van der Waals surface area contributed by atoms with E-state index < -0.39 is 0 Å². The lowest BCUT2D eigenvalue weighted by Gasteiger charge is -2.09. The Labute approximate surface area is 106 Å². The average molecular weight is 247 g/mol. The van der Waals surface area contributed by atoms with Crippen molar-refractivity contribution >= 4 is 5.69 Å². The molecule has 6 nitrogen and oxygen atoms in total. The Morgan fingerprint density at radius 1 is 1.28 bits per heavy atom. The van der Waals surface area contributed by atoms with Gasteiger partial charge < -0.3 is 10.5 Å². The summed E-state index contributed by atoms with van der Waals surface area (Å²) < 4.78 is 6.76. The van der Waals surface area contributed by atoms with Gasteiger partial charge >= 0.3 is 0 Å². The molecular weight excluding hydrogens is 230 g/mol. The summed E-state index contributed by atoms with van der Waals surface area (Å²) in [6.45, 7) is 5.20. The number of ether oxygens (including phenoxy) is 1. The minimum atomic E-state index is 0.568. The van der Waals surface area contributed by atoms with E-state index in [1.807, 2.05) is 26.0 Å².